The molecule has 1 unspecified atom stereocenters. The Morgan fingerprint density at radius 2 is 1.78 bits per heavy atom. The molecule has 5 nitrogen and oxygen atoms in total. The van der Waals surface area contributed by atoms with E-state index >= 15 is 0 Å². The highest BCUT2D eigenvalue weighted by Gasteiger charge is 2.33. The first-order valence-corrected chi connectivity index (χ1v) is 8.52. The summed E-state index contributed by atoms with van der Waals surface area (Å²) >= 11 is 12.4. The van der Waals surface area contributed by atoms with Crippen molar-refractivity contribution in [3.8, 4) is 0 Å². The zero-order valence-corrected chi connectivity index (χ0v) is 15.4. The Bertz CT molecular complexity index is 975. The van der Waals surface area contributed by atoms with Crippen LogP contribution in [0, 0.1) is 17.6 Å². The average molecular weight is 412 g/mol. The van der Waals surface area contributed by atoms with Crippen molar-refractivity contribution in [2.24, 2.45) is 11.7 Å². The molecule has 1 heterocycles. The normalized spacial score (nSPS) is 16.5. The van der Waals surface area contributed by atoms with Gasteiger partial charge in [-0.15, -0.1) is 0 Å². The van der Waals surface area contributed by atoms with Crippen LogP contribution in [0.3, 0.4) is 0 Å². The fraction of sp³-hybridized carbons (Fsp3) is 0.111. The Hall–Kier alpha value is -2.64. The number of halogens is 4. The fourth-order valence-electron chi connectivity index (χ4n) is 2.90. The van der Waals surface area contributed by atoms with Crippen LogP contribution in [0.5, 0.6) is 0 Å². The second-order valence-corrected chi connectivity index (χ2v) is 6.66. The lowest BCUT2D eigenvalue weighted by atomic mass is 9.93. The van der Waals surface area contributed by atoms with E-state index in [2.05, 4.69) is 5.43 Å². The van der Waals surface area contributed by atoms with Crippen LogP contribution in [0.4, 0.5) is 19.3 Å². The summed E-state index contributed by atoms with van der Waals surface area (Å²) in [5.74, 6) is -3.09. The van der Waals surface area contributed by atoms with Gasteiger partial charge in [0, 0.05) is 5.56 Å². The molecule has 1 atom stereocenters. The number of hydrazine groups is 1. The van der Waals surface area contributed by atoms with Crippen LogP contribution in [0.25, 0.3) is 5.57 Å². The molecule has 0 spiro atoms. The zero-order valence-electron chi connectivity index (χ0n) is 13.9. The van der Waals surface area contributed by atoms with E-state index in [1.807, 2.05) is 0 Å². The number of amides is 3. The van der Waals surface area contributed by atoms with Crippen molar-refractivity contribution in [3.63, 3.8) is 0 Å². The minimum Gasteiger partial charge on any atom is -0.350 e. The Labute approximate surface area is 163 Å². The number of carbonyl (C=O) groups excluding carboxylic acids is 2. The van der Waals surface area contributed by atoms with Gasteiger partial charge in [0.15, 0.2) is 0 Å². The summed E-state index contributed by atoms with van der Waals surface area (Å²) < 4.78 is 29.0. The van der Waals surface area contributed by atoms with Crippen molar-refractivity contribution in [1.82, 2.24) is 5.43 Å². The standard InChI is InChI=1S/C18H13Cl2F2N3O2/c1-8-7-9(14-11(21)3-2-4-12(14)22)15-13(6-5-10(19)16(15)20)25(17(8)26)24-18(23)27/h2-8H,1H3,(H3,23,24,27). The van der Waals surface area contributed by atoms with Crippen LogP contribution in [-0.2, 0) is 4.79 Å². The first-order chi connectivity index (χ1) is 12.7. The molecule has 0 radical (unpaired) electrons. The average Bonchev–Trinajstić information content (AvgIpc) is 2.69. The molecule has 2 aromatic rings. The lowest BCUT2D eigenvalue weighted by molar-refractivity contribution is -0.121. The largest absolute Gasteiger partial charge is 0.350 e. The van der Waals surface area contributed by atoms with Gasteiger partial charge in [0.25, 0.3) is 5.91 Å². The number of anilines is 1. The Kier molecular flexibility index (Phi) is 5.08. The summed E-state index contributed by atoms with van der Waals surface area (Å²) in [6.07, 6.45) is 1.37. The monoisotopic (exact) mass is 411 g/mol. The van der Waals surface area contributed by atoms with E-state index in [1.165, 1.54) is 31.2 Å². The van der Waals surface area contributed by atoms with Crippen LogP contribution >= 0.6 is 23.2 Å². The molecule has 3 N–H and O–H groups in total. The number of nitrogens with two attached hydrogens (primary N) is 1. The summed E-state index contributed by atoms with van der Waals surface area (Å²) in [5.41, 5.74) is 7.24. The van der Waals surface area contributed by atoms with Gasteiger partial charge in [-0.3, -0.25) is 4.79 Å². The Balaban J connectivity index is 2.38. The smallest absolute Gasteiger partial charge is 0.331 e. The number of fused-ring (bicyclic) bond motifs is 1. The quantitative estimate of drug-likeness (QED) is 0.773. The van der Waals surface area contributed by atoms with Crippen LogP contribution in [-0.4, -0.2) is 11.9 Å². The topological polar surface area (TPSA) is 75.4 Å². The van der Waals surface area contributed by atoms with Gasteiger partial charge >= 0.3 is 6.03 Å². The van der Waals surface area contributed by atoms with Crippen molar-refractivity contribution in [2.75, 3.05) is 5.01 Å². The van der Waals surface area contributed by atoms with Crippen LogP contribution in [0.1, 0.15) is 18.1 Å². The molecule has 3 amide bonds. The molecule has 0 bridgehead atoms. The van der Waals surface area contributed by atoms with Gasteiger partial charge in [0.2, 0.25) is 0 Å². The van der Waals surface area contributed by atoms with Crippen LogP contribution in [0.2, 0.25) is 10.0 Å². The summed E-state index contributed by atoms with van der Waals surface area (Å²) in [4.78, 5) is 24.1. The summed E-state index contributed by atoms with van der Waals surface area (Å²) in [6.45, 7) is 1.51. The second-order valence-electron chi connectivity index (χ2n) is 5.87. The highest BCUT2D eigenvalue weighted by Crippen LogP contribution is 2.44. The molecule has 1 aliphatic heterocycles. The van der Waals surface area contributed by atoms with Crippen molar-refractivity contribution in [2.45, 2.75) is 6.92 Å². The molecule has 9 heteroatoms. The summed E-state index contributed by atoms with van der Waals surface area (Å²) in [7, 11) is 0. The maximum Gasteiger partial charge on any atom is 0.331 e. The molecular weight excluding hydrogens is 399 g/mol. The summed E-state index contributed by atoms with van der Waals surface area (Å²) in [5, 5.41) is 0.979. The van der Waals surface area contributed by atoms with Crippen molar-refractivity contribution in [3.05, 3.63) is 69.2 Å². The van der Waals surface area contributed by atoms with E-state index in [0.717, 1.165) is 17.1 Å². The maximum atomic E-state index is 14.5. The highest BCUT2D eigenvalue weighted by molar-refractivity contribution is 6.43. The molecule has 0 fully saturated rings. The molecule has 0 saturated carbocycles. The van der Waals surface area contributed by atoms with E-state index in [1.54, 1.807) is 0 Å². The number of hydrogen-bond acceptors (Lipinski definition) is 2. The number of nitrogens with one attached hydrogen (secondary N) is 1. The number of carbonyl (C=O) groups is 2. The van der Waals surface area contributed by atoms with E-state index in [4.69, 9.17) is 28.9 Å². The van der Waals surface area contributed by atoms with Gasteiger partial charge in [0.1, 0.15) is 11.6 Å². The third-order valence-corrected chi connectivity index (χ3v) is 4.87. The first kappa shape index (κ1) is 19.1. The summed E-state index contributed by atoms with van der Waals surface area (Å²) in [6, 6.07) is 5.22. The third kappa shape index (κ3) is 3.36. The van der Waals surface area contributed by atoms with Crippen molar-refractivity contribution >= 4 is 46.4 Å². The number of urea groups is 1. The van der Waals surface area contributed by atoms with Gasteiger partial charge in [0.05, 0.1) is 27.2 Å². The van der Waals surface area contributed by atoms with Crippen LogP contribution in [0.15, 0.2) is 36.4 Å². The number of rotatable bonds is 2. The van der Waals surface area contributed by atoms with Gasteiger partial charge in [-0.05, 0) is 36.8 Å². The van der Waals surface area contributed by atoms with Crippen LogP contribution < -0.4 is 16.2 Å². The predicted molar refractivity (Wildman–Crippen MR) is 99.3 cm³/mol. The van der Waals surface area contributed by atoms with Gasteiger partial charge in [-0.25, -0.2) is 24.0 Å². The minimum atomic E-state index is -0.993. The molecule has 0 saturated heterocycles. The predicted octanol–water partition coefficient (Wildman–Crippen LogP) is 4.27. The van der Waals surface area contributed by atoms with Gasteiger partial charge < -0.3 is 5.73 Å². The van der Waals surface area contributed by atoms with Gasteiger partial charge in [-0.2, -0.15) is 0 Å². The van der Waals surface area contributed by atoms with E-state index < -0.39 is 29.5 Å². The SMILES string of the molecule is CC1C=C(c2c(F)cccc2F)c2c(ccc(Cl)c2Cl)N(NC(N)=O)C1=O. The van der Waals surface area contributed by atoms with Gasteiger partial charge in [-0.1, -0.05) is 35.3 Å². The van der Waals surface area contributed by atoms with E-state index in [0.29, 0.717) is 0 Å². The Morgan fingerprint density at radius 1 is 1.15 bits per heavy atom. The molecular formula is C18H13Cl2F2N3O2. The van der Waals surface area contributed by atoms with Crippen molar-refractivity contribution in [1.29, 1.82) is 0 Å². The fourth-order valence-corrected chi connectivity index (χ4v) is 3.32. The maximum absolute atomic E-state index is 14.5. The van der Waals surface area contributed by atoms with E-state index in [9.17, 15) is 18.4 Å². The number of nitrogens with zero attached hydrogens (tertiary/aromatic N) is 1. The Morgan fingerprint density at radius 3 is 2.37 bits per heavy atom. The molecule has 2 aromatic carbocycles. The lowest BCUT2D eigenvalue weighted by Crippen LogP contribution is -2.50. The third-order valence-electron chi connectivity index (χ3n) is 4.06. The molecule has 0 aromatic heterocycles. The lowest BCUT2D eigenvalue weighted by Gasteiger charge is -2.25. The van der Waals surface area contributed by atoms with Crippen molar-refractivity contribution < 1.29 is 18.4 Å². The first-order valence-electron chi connectivity index (χ1n) is 7.77. The molecule has 27 heavy (non-hydrogen) atoms. The number of primary amides is 1. The second kappa shape index (κ2) is 7.17. The molecule has 3 rings (SSSR count). The molecule has 0 aliphatic carbocycles. The zero-order chi connectivity index (χ0) is 19.9. The number of benzene rings is 2. The minimum absolute atomic E-state index is 0.0266. The molecule has 140 valence electrons. The number of hydrogen-bond donors (Lipinski definition) is 2. The van der Waals surface area contributed by atoms with E-state index in [-0.39, 0.29) is 32.4 Å². The highest BCUT2D eigenvalue weighted by atomic mass is 35.5. The molecule has 1 aliphatic rings.